The minimum atomic E-state index is -4.48. The minimum absolute atomic E-state index is 0.131. The van der Waals surface area contributed by atoms with Crippen LogP contribution in [0.15, 0.2) is 39.7 Å². The van der Waals surface area contributed by atoms with Crippen molar-refractivity contribution in [3.63, 3.8) is 0 Å². The van der Waals surface area contributed by atoms with Crippen LogP contribution in [-0.2, 0) is 6.18 Å². The average molecular weight is 390 g/mol. The van der Waals surface area contributed by atoms with E-state index in [0.717, 1.165) is 23.9 Å². The molecule has 1 amide bonds. The number of carbonyl (C=O) groups excluding carboxylic acids is 1. The Morgan fingerprint density at radius 3 is 2.62 bits per heavy atom. The zero-order chi connectivity index (χ0) is 17.5. The standard InChI is InChI=1S/C15H7ClF3NO2S2/c16-10-3-1-7(15(17,18)19)5-9(10)11-4-2-8(22-11)6-12-13(23)20-14(21)24-12/h1-6H,(H,20,21,23)/b12-6+. The van der Waals surface area contributed by atoms with Gasteiger partial charge in [0, 0.05) is 5.56 Å². The summed E-state index contributed by atoms with van der Waals surface area (Å²) in [5, 5.41) is 2.30. The quantitative estimate of drug-likeness (QED) is 0.525. The zero-order valence-corrected chi connectivity index (χ0v) is 14.0. The molecule has 1 aliphatic rings. The van der Waals surface area contributed by atoms with Gasteiger partial charge in [0.25, 0.3) is 5.24 Å². The van der Waals surface area contributed by atoms with Gasteiger partial charge in [0.05, 0.1) is 15.5 Å². The first-order valence-electron chi connectivity index (χ1n) is 6.46. The van der Waals surface area contributed by atoms with E-state index in [1.165, 1.54) is 18.2 Å². The van der Waals surface area contributed by atoms with Crippen molar-refractivity contribution in [3.05, 3.63) is 51.6 Å². The number of nitrogens with one attached hydrogen (secondary N) is 1. The maximum atomic E-state index is 12.8. The van der Waals surface area contributed by atoms with E-state index in [2.05, 4.69) is 5.32 Å². The fraction of sp³-hybridized carbons (Fsp3) is 0.0667. The molecule has 1 aliphatic heterocycles. The van der Waals surface area contributed by atoms with Crippen molar-refractivity contribution >= 4 is 51.9 Å². The monoisotopic (exact) mass is 389 g/mol. The van der Waals surface area contributed by atoms with Crippen molar-refractivity contribution in [3.8, 4) is 11.3 Å². The van der Waals surface area contributed by atoms with Gasteiger partial charge in [0.15, 0.2) is 0 Å². The molecule has 1 fully saturated rings. The molecular formula is C15H7ClF3NO2S2. The van der Waals surface area contributed by atoms with Crippen LogP contribution in [0.2, 0.25) is 5.02 Å². The van der Waals surface area contributed by atoms with Crippen LogP contribution in [0.5, 0.6) is 0 Å². The third kappa shape index (κ3) is 3.50. The Morgan fingerprint density at radius 2 is 2.00 bits per heavy atom. The van der Waals surface area contributed by atoms with E-state index in [0.29, 0.717) is 10.7 Å². The highest BCUT2D eigenvalue weighted by Crippen LogP contribution is 2.37. The van der Waals surface area contributed by atoms with Gasteiger partial charge < -0.3 is 9.73 Å². The molecule has 9 heteroatoms. The lowest BCUT2D eigenvalue weighted by atomic mass is 10.1. The van der Waals surface area contributed by atoms with E-state index >= 15 is 0 Å². The predicted octanol–water partition coefficient (Wildman–Crippen LogP) is 5.74. The maximum Gasteiger partial charge on any atom is 0.416 e. The molecule has 0 atom stereocenters. The second kappa shape index (κ2) is 6.27. The molecule has 1 saturated heterocycles. The van der Waals surface area contributed by atoms with Crippen molar-refractivity contribution in [1.29, 1.82) is 0 Å². The van der Waals surface area contributed by atoms with Gasteiger partial charge in [0.2, 0.25) is 0 Å². The Kier molecular flexibility index (Phi) is 4.46. The van der Waals surface area contributed by atoms with Gasteiger partial charge in [0.1, 0.15) is 16.5 Å². The summed E-state index contributed by atoms with van der Waals surface area (Å²) in [7, 11) is 0. The highest BCUT2D eigenvalue weighted by molar-refractivity contribution is 8.19. The van der Waals surface area contributed by atoms with Gasteiger partial charge in [-0.2, -0.15) is 13.2 Å². The molecule has 1 N–H and O–H groups in total. The number of thiocarbonyl (C=S) groups is 1. The van der Waals surface area contributed by atoms with Gasteiger partial charge in [-0.25, -0.2) is 0 Å². The molecule has 1 aromatic carbocycles. The van der Waals surface area contributed by atoms with Crippen molar-refractivity contribution in [1.82, 2.24) is 5.32 Å². The van der Waals surface area contributed by atoms with E-state index in [1.54, 1.807) is 6.07 Å². The number of hydrogen-bond donors (Lipinski definition) is 1. The summed E-state index contributed by atoms with van der Waals surface area (Å²) in [6, 6.07) is 6.07. The maximum absolute atomic E-state index is 12.8. The molecule has 3 nitrogen and oxygen atoms in total. The molecule has 0 radical (unpaired) electrons. The Labute approximate surface area is 148 Å². The van der Waals surface area contributed by atoms with Crippen molar-refractivity contribution in [2.45, 2.75) is 6.18 Å². The molecule has 0 unspecified atom stereocenters. The summed E-state index contributed by atoms with van der Waals surface area (Å²) in [5.41, 5.74) is -0.687. The fourth-order valence-electron chi connectivity index (χ4n) is 2.02. The zero-order valence-electron chi connectivity index (χ0n) is 11.6. The van der Waals surface area contributed by atoms with Crippen LogP contribution in [0.1, 0.15) is 11.3 Å². The summed E-state index contributed by atoms with van der Waals surface area (Å²) in [5.74, 6) is 0.533. The van der Waals surface area contributed by atoms with Crippen LogP contribution in [0.25, 0.3) is 17.4 Å². The van der Waals surface area contributed by atoms with Gasteiger partial charge in [-0.1, -0.05) is 23.8 Å². The lowest BCUT2D eigenvalue weighted by molar-refractivity contribution is -0.137. The fourth-order valence-corrected chi connectivity index (χ4v) is 3.24. The molecule has 24 heavy (non-hydrogen) atoms. The molecular weight excluding hydrogens is 383 g/mol. The minimum Gasteiger partial charge on any atom is -0.457 e. The number of alkyl halides is 3. The first-order chi connectivity index (χ1) is 11.2. The second-order valence-electron chi connectivity index (χ2n) is 4.75. The Hall–Kier alpha value is -1.77. The summed E-state index contributed by atoms with van der Waals surface area (Å²) < 4.78 is 44.0. The topological polar surface area (TPSA) is 42.2 Å². The summed E-state index contributed by atoms with van der Waals surface area (Å²) in [6.07, 6.45) is -2.94. The van der Waals surface area contributed by atoms with Gasteiger partial charge >= 0.3 is 6.18 Å². The molecule has 0 saturated carbocycles. The van der Waals surface area contributed by atoms with Crippen LogP contribution >= 0.6 is 35.6 Å². The number of halogens is 4. The average Bonchev–Trinajstić information content (AvgIpc) is 3.05. The van der Waals surface area contributed by atoms with Crippen LogP contribution < -0.4 is 5.32 Å². The highest BCUT2D eigenvalue weighted by atomic mass is 35.5. The van der Waals surface area contributed by atoms with Crippen LogP contribution in [0, 0.1) is 0 Å². The van der Waals surface area contributed by atoms with Crippen LogP contribution in [-0.4, -0.2) is 10.2 Å². The summed E-state index contributed by atoms with van der Waals surface area (Å²) in [6.45, 7) is 0. The van der Waals surface area contributed by atoms with Crippen molar-refractivity contribution in [2.24, 2.45) is 0 Å². The smallest absolute Gasteiger partial charge is 0.416 e. The summed E-state index contributed by atoms with van der Waals surface area (Å²) >= 11 is 11.9. The van der Waals surface area contributed by atoms with Crippen LogP contribution in [0.3, 0.4) is 0 Å². The molecule has 124 valence electrons. The number of carbonyl (C=O) groups is 1. The number of hydrogen-bond acceptors (Lipinski definition) is 4. The lowest BCUT2D eigenvalue weighted by Crippen LogP contribution is -2.15. The molecule has 2 heterocycles. The van der Waals surface area contributed by atoms with E-state index in [1.807, 2.05) is 0 Å². The van der Waals surface area contributed by atoms with Crippen molar-refractivity contribution < 1.29 is 22.4 Å². The number of amides is 1. The number of benzene rings is 1. The number of thioether (sulfide) groups is 1. The normalized spacial score (nSPS) is 16.8. The Balaban J connectivity index is 1.95. The number of rotatable bonds is 2. The largest absolute Gasteiger partial charge is 0.457 e. The molecule has 0 aliphatic carbocycles. The Morgan fingerprint density at radius 1 is 1.25 bits per heavy atom. The molecule has 0 spiro atoms. The molecule has 2 aromatic rings. The SMILES string of the molecule is O=C1NC(=S)/C(=C\c2ccc(-c3cc(C(F)(F)F)ccc3Cl)o2)S1. The van der Waals surface area contributed by atoms with Crippen molar-refractivity contribution in [2.75, 3.05) is 0 Å². The van der Waals surface area contributed by atoms with E-state index in [4.69, 9.17) is 28.2 Å². The predicted molar refractivity (Wildman–Crippen MR) is 90.9 cm³/mol. The Bertz CT molecular complexity index is 874. The first kappa shape index (κ1) is 17.1. The second-order valence-corrected chi connectivity index (χ2v) is 6.58. The highest BCUT2D eigenvalue weighted by Gasteiger charge is 2.31. The first-order valence-corrected chi connectivity index (χ1v) is 8.06. The van der Waals surface area contributed by atoms with Crippen LogP contribution in [0.4, 0.5) is 18.0 Å². The molecule has 1 aromatic heterocycles. The summed E-state index contributed by atoms with van der Waals surface area (Å²) in [4.78, 5) is 12.0. The number of furan rings is 1. The molecule has 3 rings (SSSR count). The van der Waals surface area contributed by atoms with Gasteiger partial charge in [-0.15, -0.1) is 0 Å². The van der Waals surface area contributed by atoms with E-state index < -0.39 is 11.7 Å². The van der Waals surface area contributed by atoms with E-state index in [9.17, 15) is 18.0 Å². The lowest BCUT2D eigenvalue weighted by Gasteiger charge is -2.09. The third-order valence-corrected chi connectivity index (χ3v) is 4.71. The van der Waals surface area contributed by atoms with E-state index in [-0.39, 0.29) is 26.6 Å². The third-order valence-electron chi connectivity index (χ3n) is 3.10. The molecule has 0 bridgehead atoms. The van der Waals surface area contributed by atoms with Gasteiger partial charge in [-0.05, 0) is 48.2 Å². The van der Waals surface area contributed by atoms with Gasteiger partial charge in [-0.3, -0.25) is 4.79 Å².